The van der Waals surface area contributed by atoms with E-state index in [9.17, 15) is 43.8 Å². The number of aliphatic carboxylic acids is 3. The maximum atomic E-state index is 13.3. The molecule has 1 heterocycles. The first-order valence-corrected chi connectivity index (χ1v) is 12.7. The Hall–Kier alpha value is -3.75. The highest BCUT2D eigenvalue weighted by molar-refractivity contribution is 5.97. The molecular formula is C24H39N5O10. The SMILES string of the molecule is CC(C)CC(N)C(=O)NC(CC(=O)O)C(=O)N1CCCC1C(=O)NC(C(=O)NC(CC(=O)O)C(=O)O)C(C)C. The lowest BCUT2D eigenvalue weighted by Crippen LogP contribution is -2.59. The lowest BCUT2D eigenvalue weighted by molar-refractivity contribution is -0.148. The Balaban J connectivity index is 3.05. The molecule has 0 radical (unpaired) electrons. The van der Waals surface area contributed by atoms with Gasteiger partial charge < -0.3 is 41.9 Å². The number of hydrogen-bond acceptors (Lipinski definition) is 8. The fourth-order valence-electron chi connectivity index (χ4n) is 4.19. The molecule has 5 unspecified atom stereocenters. The van der Waals surface area contributed by atoms with Gasteiger partial charge in [0.25, 0.3) is 0 Å². The van der Waals surface area contributed by atoms with Gasteiger partial charge in [-0.2, -0.15) is 0 Å². The molecule has 39 heavy (non-hydrogen) atoms. The summed E-state index contributed by atoms with van der Waals surface area (Å²) < 4.78 is 0. The van der Waals surface area contributed by atoms with Gasteiger partial charge in [0.1, 0.15) is 24.2 Å². The number of carboxylic acids is 3. The first kappa shape index (κ1) is 33.3. The van der Waals surface area contributed by atoms with Crippen molar-refractivity contribution in [1.29, 1.82) is 0 Å². The smallest absolute Gasteiger partial charge is 0.326 e. The highest BCUT2D eigenvalue weighted by Gasteiger charge is 2.40. The number of nitrogens with one attached hydrogen (secondary N) is 3. The van der Waals surface area contributed by atoms with E-state index in [1.807, 2.05) is 13.8 Å². The highest BCUT2D eigenvalue weighted by Crippen LogP contribution is 2.20. The van der Waals surface area contributed by atoms with Crippen LogP contribution in [0.4, 0.5) is 0 Å². The Morgan fingerprint density at radius 3 is 1.87 bits per heavy atom. The largest absolute Gasteiger partial charge is 0.481 e. The predicted molar refractivity (Wildman–Crippen MR) is 135 cm³/mol. The molecule has 0 aromatic heterocycles. The third-order valence-electron chi connectivity index (χ3n) is 6.13. The molecule has 0 bridgehead atoms. The van der Waals surface area contributed by atoms with Gasteiger partial charge in [0, 0.05) is 6.54 Å². The number of rotatable bonds is 15. The van der Waals surface area contributed by atoms with Crippen LogP contribution in [0.5, 0.6) is 0 Å². The number of hydrogen-bond donors (Lipinski definition) is 7. The number of amides is 4. The summed E-state index contributed by atoms with van der Waals surface area (Å²) in [6.07, 6.45) is -0.713. The van der Waals surface area contributed by atoms with E-state index in [0.717, 1.165) is 4.90 Å². The number of nitrogens with zero attached hydrogens (tertiary/aromatic N) is 1. The van der Waals surface area contributed by atoms with Crippen molar-refractivity contribution in [3.8, 4) is 0 Å². The van der Waals surface area contributed by atoms with E-state index in [0.29, 0.717) is 12.8 Å². The van der Waals surface area contributed by atoms with Crippen LogP contribution in [0.15, 0.2) is 0 Å². The fourth-order valence-corrected chi connectivity index (χ4v) is 4.19. The second kappa shape index (κ2) is 15.0. The predicted octanol–water partition coefficient (Wildman–Crippen LogP) is -1.50. The number of carbonyl (C=O) groups is 7. The quantitative estimate of drug-likeness (QED) is 0.122. The summed E-state index contributed by atoms with van der Waals surface area (Å²) in [5, 5.41) is 34.4. The summed E-state index contributed by atoms with van der Waals surface area (Å²) in [7, 11) is 0. The van der Waals surface area contributed by atoms with Crippen molar-refractivity contribution < 1.29 is 48.9 Å². The van der Waals surface area contributed by atoms with Gasteiger partial charge >= 0.3 is 17.9 Å². The van der Waals surface area contributed by atoms with E-state index in [1.165, 1.54) is 0 Å². The van der Waals surface area contributed by atoms with E-state index in [2.05, 4.69) is 16.0 Å². The maximum absolute atomic E-state index is 13.3. The topological polar surface area (TPSA) is 246 Å². The molecule has 0 aromatic rings. The molecule has 15 heteroatoms. The normalized spacial score (nSPS) is 18.1. The molecule has 4 amide bonds. The van der Waals surface area contributed by atoms with Gasteiger partial charge in [-0.15, -0.1) is 0 Å². The molecule has 0 saturated carbocycles. The standard InChI is InChI=1S/C24H39N5O10/c1-11(2)8-13(25)20(34)26-14(9-17(30)31)23(37)29-7-5-6-16(29)21(35)28-19(12(3)4)22(36)27-15(24(38)39)10-18(32)33/h11-16,19H,5-10,25H2,1-4H3,(H,26,34)(H,27,36)(H,28,35)(H,30,31)(H,32,33)(H,38,39). The Morgan fingerprint density at radius 1 is 0.846 bits per heavy atom. The lowest BCUT2D eigenvalue weighted by Gasteiger charge is -2.30. The zero-order valence-corrected chi connectivity index (χ0v) is 22.5. The van der Waals surface area contributed by atoms with Gasteiger partial charge in [-0.25, -0.2) is 4.79 Å². The van der Waals surface area contributed by atoms with Crippen LogP contribution in [0.3, 0.4) is 0 Å². The van der Waals surface area contributed by atoms with Gasteiger partial charge in [-0.05, 0) is 31.1 Å². The van der Waals surface area contributed by atoms with Crippen molar-refractivity contribution in [3.05, 3.63) is 0 Å². The first-order chi connectivity index (χ1) is 18.0. The molecule has 1 saturated heterocycles. The average molecular weight is 558 g/mol. The Kier molecular flexibility index (Phi) is 12.8. The molecular weight excluding hydrogens is 518 g/mol. The fraction of sp³-hybridized carbons (Fsp3) is 0.708. The molecule has 0 aliphatic carbocycles. The summed E-state index contributed by atoms with van der Waals surface area (Å²) in [5.41, 5.74) is 5.86. The zero-order chi connectivity index (χ0) is 30.0. The molecule has 1 aliphatic rings. The number of carbonyl (C=O) groups excluding carboxylic acids is 4. The van der Waals surface area contributed by atoms with Crippen LogP contribution in [0, 0.1) is 11.8 Å². The van der Waals surface area contributed by atoms with Crippen LogP contribution < -0.4 is 21.7 Å². The highest BCUT2D eigenvalue weighted by atomic mass is 16.4. The molecule has 1 rings (SSSR count). The third-order valence-corrected chi connectivity index (χ3v) is 6.13. The van der Waals surface area contributed by atoms with E-state index in [1.54, 1.807) is 13.8 Å². The summed E-state index contributed by atoms with van der Waals surface area (Å²) in [6.45, 7) is 6.94. The monoisotopic (exact) mass is 557 g/mol. The van der Waals surface area contributed by atoms with Gasteiger partial charge in [0.2, 0.25) is 23.6 Å². The number of carboxylic acid groups (broad SMARTS) is 3. The summed E-state index contributed by atoms with van der Waals surface area (Å²) in [6, 6.07) is -6.50. The summed E-state index contributed by atoms with van der Waals surface area (Å²) in [4.78, 5) is 86.5. The summed E-state index contributed by atoms with van der Waals surface area (Å²) >= 11 is 0. The van der Waals surface area contributed by atoms with Crippen LogP contribution >= 0.6 is 0 Å². The average Bonchev–Trinajstić information content (AvgIpc) is 3.29. The van der Waals surface area contributed by atoms with E-state index in [4.69, 9.17) is 10.8 Å². The second-order valence-electron chi connectivity index (χ2n) is 10.3. The van der Waals surface area contributed by atoms with Gasteiger partial charge in [-0.3, -0.25) is 28.8 Å². The summed E-state index contributed by atoms with van der Waals surface area (Å²) in [5.74, 6) is -7.97. The van der Waals surface area contributed by atoms with Gasteiger partial charge in [0.05, 0.1) is 18.9 Å². The molecule has 1 fully saturated rings. The van der Waals surface area contributed by atoms with Gasteiger partial charge in [0.15, 0.2) is 0 Å². The molecule has 0 aromatic carbocycles. The van der Waals surface area contributed by atoms with Crippen molar-refractivity contribution in [2.75, 3.05) is 6.54 Å². The zero-order valence-electron chi connectivity index (χ0n) is 22.5. The van der Waals surface area contributed by atoms with E-state index in [-0.39, 0.29) is 18.9 Å². The minimum Gasteiger partial charge on any atom is -0.481 e. The van der Waals surface area contributed by atoms with Crippen molar-refractivity contribution >= 4 is 41.5 Å². The minimum atomic E-state index is -1.72. The third kappa shape index (κ3) is 10.5. The Labute approximate surface area is 225 Å². The van der Waals surface area contributed by atoms with Gasteiger partial charge in [-0.1, -0.05) is 27.7 Å². The molecule has 0 spiro atoms. The van der Waals surface area contributed by atoms with E-state index >= 15 is 0 Å². The van der Waals surface area contributed by atoms with Crippen LogP contribution in [0.1, 0.15) is 59.8 Å². The Bertz CT molecular complexity index is 954. The maximum Gasteiger partial charge on any atom is 0.326 e. The van der Waals surface area contributed by atoms with Crippen LogP contribution in [-0.2, 0) is 33.6 Å². The Morgan fingerprint density at radius 2 is 1.38 bits per heavy atom. The molecule has 8 N–H and O–H groups in total. The number of nitrogens with two attached hydrogens (primary N) is 1. The van der Waals surface area contributed by atoms with E-state index < -0.39 is 90.5 Å². The molecule has 1 aliphatic heterocycles. The lowest BCUT2D eigenvalue weighted by atomic mass is 10.0. The van der Waals surface area contributed by atoms with Crippen molar-refractivity contribution in [1.82, 2.24) is 20.9 Å². The van der Waals surface area contributed by atoms with Crippen LogP contribution in [0.2, 0.25) is 0 Å². The minimum absolute atomic E-state index is 0.0760. The molecule has 220 valence electrons. The van der Waals surface area contributed by atoms with Crippen molar-refractivity contribution in [3.63, 3.8) is 0 Å². The van der Waals surface area contributed by atoms with Crippen LogP contribution in [0.25, 0.3) is 0 Å². The molecule has 5 atom stereocenters. The van der Waals surface area contributed by atoms with Crippen molar-refractivity contribution in [2.45, 2.75) is 90.0 Å². The molecule has 15 nitrogen and oxygen atoms in total. The first-order valence-electron chi connectivity index (χ1n) is 12.7. The van der Waals surface area contributed by atoms with Crippen LogP contribution in [-0.4, -0.2) is 98.5 Å². The van der Waals surface area contributed by atoms with Crippen molar-refractivity contribution in [2.24, 2.45) is 17.6 Å². The number of likely N-dealkylation sites (tertiary alicyclic amines) is 1. The second-order valence-corrected chi connectivity index (χ2v) is 10.3.